The number of halogens is 3. The van der Waals surface area contributed by atoms with Gasteiger partial charge in [-0.05, 0) is 26.8 Å². The van der Waals surface area contributed by atoms with Gasteiger partial charge < -0.3 is 0 Å². The zero-order chi connectivity index (χ0) is 8.70. The Bertz CT molecular complexity index is 156. The van der Waals surface area contributed by atoms with Crippen LogP contribution < -0.4 is 0 Å². The first-order valence-corrected chi connectivity index (χ1v) is 3.66. The van der Waals surface area contributed by atoms with Crippen LogP contribution in [0.3, 0.4) is 0 Å². The number of rotatable bonds is 0. The molecule has 0 aliphatic carbocycles. The Morgan fingerprint density at radius 2 is 1.82 bits per heavy atom. The summed E-state index contributed by atoms with van der Waals surface area (Å²) in [4.78, 5) is 0.774. The minimum atomic E-state index is -3.30. The average Bonchev–Trinajstić information content (AvgIpc) is 1.84. The molecule has 66 valence electrons. The lowest BCUT2D eigenvalue weighted by atomic mass is 9.94. The van der Waals surface area contributed by atoms with Gasteiger partial charge in [0, 0.05) is 6.54 Å². The predicted molar refractivity (Wildman–Crippen MR) is 36.3 cm³/mol. The summed E-state index contributed by atoms with van der Waals surface area (Å²) in [6.07, 6.45) is 0.448. The maximum atomic E-state index is 13.1. The van der Waals surface area contributed by atoms with E-state index < -0.39 is 11.7 Å². The summed E-state index contributed by atoms with van der Waals surface area (Å²) in [5.74, 6) is 0. The van der Waals surface area contributed by atoms with Crippen molar-refractivity contribution in [3.8, 4) is 0 Å². The Kier molecular flexibility index (Phi) is 1.90. The summed E-state index contributed by atoms with van der Waals surface area (Å²) >= 11 is 0. The van der Waals surface area contributed by atoms with E-state index in [0.29, 0.717) is 6.42 Å². The molecule has 0 N–H and O–H groups in total. The number of likely N-dealkylation sites (tertiary alicyclic amines) is 1. The van der Waals surface area contributed by atoms with Crippen molar-refractivity contribution >= 4 is 0 Å². The van der Waals surface area contributed by atoms with Crippen LogP contribution in [-0.4, -0.2) is 30.2 Å². The number of nitrogens with zero attached hydrogens (tertiary/aromatic N) is 1. The average molecular weight is 167 g/mol. The lowest BCUT2D eigenvalue weighted by Crippen LogP contribution is -2.57. The maximum Gasteiger partial charge on any atom is 0.338 e. The molecule has 0 saturated carbocycles. The lowest BCUT2D eigenvalue weighted by molar-refractivity contribution is -0.241. The Labute approximate surface area is 64.2 Å². The van der Waals surface area contributed by atoms with E-state index in [4.69, 9.17) is 0 Å². The lowest BCUT2D eigenvalue weighted by Gasteiger charge is -2.40. The molecule has 0 aromatic heterocycles. The van der Waals surface area contributed by atoms with Gasteiger partial charge in [-0.15, -0.1) is 0 Å². The third-order valence-electron chi connectivity index (χ3n) is 2.25. The van der Waals surface area contributed by atoms with Gasteiger partial charge in [0.15, 0.2) is 5.67 Å². The van der Waals surface area contributed by atoms with E-state index in [1.807, 2.05) is 0 Å². The molecule has 4 heteroatoms. The Morgan fingerprint density at radius 3 is 2.18 bits per heavy atom. The van der Waals surface area contributed by atoms with E-state index in [-0.39, 0.29) is 13.0 Å². The van der Waals surface area contributed by atoms with Crippen LogP contribution in [0.5, 0.6) is 0 Å². The van der Waals surface area contributed by atoms with Gasteiger partial charge in [-0.25, -0.2) is 9.29 Å². The molecule has 0 spiro atoms. The highest BCUT2D eigenvalue weighted by Crippen LogP contribution is 2.41. The van der Waals surface area contributed by atoms with Crippen LogP contribution in [0.2, 0.25) is 0 Å². The van der Waals surface area contributed by atoms with Crippen molar-refractivity contribution in [3.63, 3.8) is 0 Å². The minimum absolute atomic E-state index is 0.0513. The molecule has 1 nitrogen and oxygen atoms in total. The van der Waals surface area contributed by atoms with Gasteiger partial charge >= 0.3 is 6.05 Å². The Balaban J connectivity index is 2.82. The predicted octanol–water partition coefficient (Wildman–Crippen LogP) is 2.03. The van der Waals surface area contributed by atoms with Crippen molar-refractivity contribution < 1.29 is 13.2 Å². The summed E-state index contributed by atoms with van der Waals surface area (Å²) < 4.78 is 39.0. The zero-order valence-corrected chi connectivity index (χ0v) is 6.70. The SMILES string of the molecule is CN1CCC[C@](C)(F)C1(F)F. The van der Waals surface area contributed by atoms with Crippen molar-refractivity contribution in [1.29, 1.82) is 0 Å². The van der Waals surface area contributed by atoms with Gasteiger partial charge in [0.2, 0.25) is 0 Å². The number of hydrogen-bond donors (Lipinski definition) is 0. The number of alkyl halides is 3. The molecule has 0 radical (unpaired) electrons. The van der Waals surface area contributed by atoms with Crippen LogP contribution >= 0.6 is 0 Å². The zero-order valence-electron chi connectivity index (χ0n) is 6.70. The molecule has 0 aromatic rings. The second-order valence-corrected chi connectivity index (χ2v) is 3.26. The molecule has 1 saturated heterocycles. The molecule has 1 aliphatic rings. The van der Waals surface area contributed by atoms with Gasteiger partial charge in [0.05, 0.1) is 0 Å². The van der Waals surface area contributed by atoms with E-state index in [9.17, 15) is 13.2 Å². The molecule has 0 amide bonds. The first kappa shape index (κ1) is 8.84. The van der Waals surface area contributed by atoms with Crippen LogP contribution in [0.4, 0.5) is 13.2 Å². The second-order valence-electron chi connectivity index (χ2n) is 3.26. The Hall–Kier alpha value is -0.250. The van der Waals surface area contributed by atoms with Crippen molar-refractivity contribution in [2.45, 2.75) is 31.5 Å². The van der Waals surface area contributed by atoms with E-state index in [1.54, 1.807) is 0 Å². The van der Waals surface area contributed by atoms with Gasteiger partial charge in [0.25, 0.3) is 0 Å². The highest BCUT2D eigenvalue weighted by atomic mass is 19.3. The molecule has 1 fully saturated rings. The van der Waals surface area contributed by atoms with Gasteiger partial charge in [-0.2, -0.15) is 8.78 Å². The number of piperidine rings is 1. The van der Waals surface area contributed by atoms with Crippen LogP contribution in [0.1, 0.15) is 19.8 Å². The van der Waals surface area contributed by atoms with Gasteiger partial charge in [-0.3, -0.25) is 0 Å². The van der Waals surface area contributed by atoms with Crippen molar-refractivity contribution in [2.24, 2.45) is 0 Å². The first-order valence-electron chi connectivity index (χ1n) is 3.66. The summed E-state index contributed by atoms with van der Waals surface area (Å²) in [6.45, 7) is 1.23. The highest BCUT2D eigenvalue weighted by Gasteiger charge is 2.55. The van der Waals surface area contributed by atoms with E-state index in [2.05, 4.69) is 0 Å². The molecule has 1 rings (SSSR count). The third kappa shape index (κ3) is 1.24. The third-order valence-corrected chi connectivity index (χ3v) is 2.25. The summed E-state index contributed by atoms with van der Waals surface area (Å²) in [5, 5.41) is 0. The van der Waals surface area contributed by atoms with Crippen molar-refractivity contribution in [2.75, 3.05) is 13.6 Å². The van der Waals surface area contributed by atoms with E-state index in [1.165, 1.54) is 7.05 Å². The number of hydrogen-bond acceptors (Lipinski definition) is 1. The molecule has 0 unspecified atom stereocenters. The van der Waals surface area contributed by atoms with Crippen LogP contribution in [0, 0.1) is 0 Å². The fourth-order valence-electron chi connectivity index (χ4n) is 1.34. The quantitative estimate of drug-likeness (QED) is 0.499. The van der Waals surface area contributed by atoms with Crippen LogP contribution in [0.25, 0.3) is 0 Å². The fourth-order valence-corrected chi connectivity index (χ4v) is 1.34. The molecule has 11 heavy (non-hydrogen) atoms. The fraction of sp³-hybridized carbons (Fsp3) is 1.00. The monoisotopic (exact) mass is 167 g/mol. The summed E-state index contributed by atoms with van der Waals surface area (Å²) in [7, 11) is 1.25. The minimum Gasteiger partial charge on any atom is -0.245 e. The first-order chi connectivity index (χ1) is 4.88. The smallest absolute Gasteiger partial charge is 0.245 e. The van der Waals surface area contributed by atoms with Gasteiger partial charge in [0.1, 0.15) is 0 Å². The van der Waals surface area contributed by atoms with Crippen LogP contribution in [0.15, 0.2) is 0 Å². The highest BCUT2D eigenvalue weighted by molar-refractivity contribution is 4.92. The standard InChI is InChI=1S/C7H12F3N/c1-6(8)4-3-5-11(2)7(6,9)10/h3-5H2,1-2H3/t6-/m0/s1. The molecule has 1 aliphatic heterocycles. The molecular weight excluding hydrogens is 155 g/mol. The molecule has 1 heterocycles. The van der Waals surface area contributed by atoms with Gasteiger partial charge in [-0.1, -0.05) is 0 Å². The summed E-state index contributed by atoms with van der Waals surface area (Å²) in [6, 6.07) is -3.30. The topological polar surface area (TPSA) is 3.24 Å². The second kappa shape index (κ2) is 2.37. The Morgan fingerprint density at radius 1 is 1.27 bits per heavy atom. The van der Waals surface area contributed by atoms with Crippen molar-refractivity contribution in [1.82, 2.24) is 4.90 Å². The summed E-state index contributed by atoms with van der Waals surface area (Å²) in [5.41, 5.74) is -2.36. The van der Waals surface area contributed by atoms with Crippen molar-refractivity contribution in [3.05, 3.63) is 0 Å². The van der Waals surface area contributed by atoms with E-state index >= 15 is 0 Å². The molecule has 0 aromatic carbocycles. The largest absolute Gasteiger partial charge is 0.338 e. The van der Waals surface area contributed by atoms with Crippen LogP contribution in [-0.2, 0) is 0 Å². The van der Waals surface area contributed by atoms with E-state index in [0.717, 1.165) is 11.8 Å². The normalized spacial score (nSPS) is 39.0. The molecule has 1 atom stereocenters. The molecule has 0 bridgehead atoms. The molecular formula is C7H12F3N. The maximum absolute atomic E-state index is 13.1.